The maximum absolute atomic E-state index is 10.9. The van der Waals surface area contributed by atoms with E-state index < -0.39 is 12.0 Å². The molecule has 0 aliphatic carbocycles. The van der Waals surface area contributed by atoms with E-state index in [1.165, 1.54) is 0 Å². The van der Waals surface area contributed by atoms with Crippen LogP contribution >= 0.6 is 11.6 Å². The number of carbonyl (C=O) groups is 1. The van der Waals surface area contributed by atoms with Crippen LogP contribution in [0.15, 0.2) is 12.3 Å². The third-order valence-electron chi connectivity index (χ3n) is 2.41. The molecule has 0 bridgehead atoms. The first-order valence-electron chi connectivity index (χ1n) is 4.86. The third-order valence-corrected chi connectivity index (χ3v) is 2.59. The van der Waals surface area contributed by atoms with Crippen molar-refractivity contribution in [1.82, 2.24) is 15.3 Å². The Labute approximate surface area is 97.3 Å². The van der Waals surface area contributed by atoms with Gasteiger partial charge in [0.15, 0.2) is 0 Å². The Kier molecular flexibility index (Phi) is 3.21. The lowest BCUT2D eigenvalue weighted by molar-refractivity contribution is -0.139. The molecule has 1 aliphatic rings. The zero-order valence-electron chi connectivity index (χ0n) is 8.43. The Bertz CT molecular complexity index is 401. The fourth-order valence-electron chi connectivity index (χ4n) is 1.63. The predicted octanol–water partition coefficient (Wildman–Crippen LogP) is -0.00720. The number of rotatable bonds is 2. The zero-order chi connectivity index (χ0) is 11.5. The summed E-state index contributed by atoms with van der Waals surface area (Å²) in [5.74, 6) is -0.197. The Morgan fingerprint density at radius 3 is 3.19 bits per heavy atom. The minimum Gasteiger partial charge on any atom is -0.480 e. The molecule has 2 rings (SSSR count). The highest BCUT2D eigenvalue weighted by Crippen LogP contribution is 2.14. The summed E-state index contributed by atoms with van der Waals surface area (Å²) in [6.45, 7) is 1.69. The van der Waals surface area contributed by atoms with Crippen molar-refractivity contribution in [2.75, 3.05) is 24.5 Å². The quantitative estimate of drug-likeness (QED) is 0.711. The van der Waals surface area contributed by atoms with Crippen molar-refractivity contribution in [3.63, 3.8) is 0 Å². The van der Waals surface area contributed by atoms with Crippen LogP contribution in [0.25, 0.3) is 0 Å². The van der Waals surface area contributed by atoms with Crippen molar-refractivity contribution in [2.45, 2.75) is 6.04 Å². The van der Waals surface area contributed by atoms with E-state index in [1.807, 2.05) is 4.90 Å². The van der Waals surface area contributed by atoms with Crippen molar-refractivity contribution < 1.29 is 9.90 Å². The summed E-state index contributed by atoms with van der Waals surface area (Å²) in [6.07, 6.45) is 1.56. The molecule has 0 aromatic carbocycles. The second kappa shape index (κ2) is 4.63. The SMILES string of the molecule is O=C(O)C1CN(c2ccnc(Cl)n2)CCN1. The minimum absolute atomic E-state index is 0.169. The van der Waals surface area contributed by atoms with E-state index in [-0.39, 0.29) is 5.28 Å². The van der Waals surface area contributed by atoms with Gasteiger partial charge in [0.2, 0.25) is 5.28 Å². The molecule has 1 atom stereocenters. The normalized spacial score (nSPS) is 20.8. The van der Waals surface area contributed by atoms with Crippen molar-refractivity contribution >= 4 is 23.4 Å². The molecule has 0 amide bonds. The molecule has 7 heteroatoms. The average molecular weight is 243 g/mol. The lowest BCUT2D eigenvalue weighted by Gasteiger charge is -2.32. The minimum atomic E-state index is -0.857. The van der Waals surface area contributed by atoms with Crippen LogP contribution in [0.4, 0.5) is 5.82 Å². The number of hydrogen-bond acceptors (Lipinski definition) is 5. The molecule has 86 valence electrons. The Morgan fingerprint density at radius 2 is 2.50 bits per heavy atom. The monoisotopic (exact) mass is 242 g/mol. The molecule has 2 N–H and O–H groups in total. The van der Waals surface area contributed by atoms with Crippen LogP contribution < -0.4 is 10.2 Å². The molecule has 1 fully saturated rings. The van der Waals surface area contributed by atoms with Gasteiger partial charge in [-0.1, -0.05) is 0 Å². The first-order valence-corrected chi connectivity index (χ1v) is 5.24. The van der Waals surface area contributed by atoms with Crippen molar-refractivity contribution in [2.24, 2.45) is 0 Å². The molecule has 6 nitrogen and oxygen atoms in total. The maximum Gasteiger partial charge on any atom is 0.322 e. The van der Waals surface area contributed by atoms with Crippen LogP contribution in [-0.4, -0.2) is 46.7 Å². The molecule has 0 spiro atoms. The van der Waals surface area contributed by atoms with Crippen LogP contribution in [0.1, 0.15) is 0 Å². The number of aromatic nitrogens is 2. The zero-order valence-corrected chi connectivity index (χ0v) is 9.18. The van der Waals surface area contributed by atoms with E-state index in [0.717, 1.165) is 0 Å². The van der Waals surface area contributed by atoms with E-state index in [9.17, 15) is 4.79 Å². The summed E-state index contributed by atoms with van der Waals surface area (Å²) in [5.41, 5.74) is 0. The largest absolute Gasteiger partial charge is 0.480 e. The Morgan fingerprint density at radius 1 is 1.69 bits per heavy atom. The van der Waals surface area contributed by atoms with Crippen molar-refractivity contribution in [3.8, 4) is 0 Å². The Balaban J connectivity index is 2.12. The highest BCUT2D eigenvalue weighted by atomic mass is 35.5. The fourth-order valence-corrected chi connectivity index (χ4v) is 1.77. The van der Waals surface area contributed by atoms with E-state index in [1.54, 1.807) is 12.3 Å². The summed E-state index contributed by atoms with van der Waals surface area (Å²) in [7, 11) is 0. The molecule has 2 heterocycles. The number of aliphatic carboxylic acids is 1. The van der Waals surface area contributed by atoms with Gasteiger partial charge < -0.3 is 15.3 Å². The lowest BCUT2D eigenvalue weighted by atomic mass is 10.2. The second-order valence-electron chi connectivity index (χ2n) is 3.47. The van der Waals surface area contributed by atoms with Crippen LogP contribution in [0.3, 0.4) is 0 Å². The molecule has 1 saturated heterocycles. The van der Waals surface area contributed by atoms with Crippen LogP contribution in [0.5, 0.6) is 0 Å². The molecule has 16 heavy (non-hydrogen) atoms. The number of carboxylic acids is 1. The molecular weight excluding hydrogens is 232 g/mol. The predicted molar refractivity (Wildman–Crippen MR) is 58.7 cm³/mol. The third kappa shape index (κ3) is 2.40. The topological polar surface area (TPSA) is 78.3 Å². The van der Waals surface area contributed by atoms with Gasteiger partial charge >= 0.3 is 5.97 Å². The maximum atomic E-state index is 10.9. The van der Waals surface area contributed by atoms with Crippen molar-refractivity contribution in [1.29, 1.82) is 0 Å². The summed E-state index contributed by atoms with van der Waals surface area (Å²) in [5, 5.41) is 12.0. The molecule has 0 saturated carbocycles. The molecule has 1 aromatic rings. The van der Waals surface area contributed by atoms with Gasteiger partial charge in [0.1, 0.15) is 11.9 Å². The number of anilines is 1. The smallest absolute Gasteiger partial charge is 0.322 e. The summed E-state index contributed by atoms with van der Waals surface area (Å²) >= 11 is 5.68. The van der Waals surface area contributed by atoms with E-state index in [4.69, 9.17) is 16.7 Å². The number of nitrogens with one attached hydrogen (secondary N) is 1. The average Bonchev–Trinajstić information content (AvgIpc) is 2.29. The van der Waals surface area contributed by atoms with Gasteiger partial charge in [-0.25, -0.2) is 9.97 Å². The first-order chi connectivity index (χ1) is 7.66. The van der Waals surface area contributed by atoms with Gasteiger partial charge in [0.25, 0.3) is 0 Å². The van der Waals surface area contributed by atoms with Gasteiger partial charge in [0.05, 0.1) is 0 Å². The first kappa shape index (κ1) is 11.1. The summed E-state index contributed by atoms with van der Waals surface area (Å²) in [6, 6.07) is 1.15. The number of hydrogen-bond donors (Lipinski definition) is 2. The second-order valence-corrected chi connectivity index (χ2v) is 3.81. The van der Waals surface area contributed by atoms with Gasteiger partial charge in [-0.15, -0.1) is 0 Å². The molecule has 0 radical (unpaired) electrons. The number of halogens is 1. The number of piperazine rings is 1. The number of carboxylic acid groups (broad SMARTS) is 1. The van der Waals surface area contributed by atoms with E-state index >= 15 is 0 Å². The van der Waals surface area contributed by atoms with Crippen LogP contribution in [0, 0.1) is 0 Å². The van der Waals surface area contributed by atoms with Gasteiger partial charge in [-0.2, -0.15) is 0 Å². The molecule has 1 aliphatic heterocycles. The van der Waals surface area contributed by atoms with Crippen molar-refractivity contribution in [3.05, 3.63) is 17.5 Å². The fraction of sp³-hybridized carbons (Fsp3) is 0.444. The standard InChI is InChI=1S/C9H11ClN4O2/c10-9-12-2-1-7(13-9)14-4-3-11-6(5-14)8(15)16/h1-2,6,11H,3-5H2,(H,15,16). The van der Waals surface area contributed by atoms with Gasteiger partial charge in [0, 0.05) is 25.8 Å². The van der Waals surface area contributed by atoms with Crippen LogP contribution in [-0.2, 0) is 4.79 Å². The summed E-state index contributed by atoms with van der Waals surface area (Å²) < 4.78 is 0. The molecular formula is C9H11ClN4O2. The highest BCUT2D eigenvalue weighted by molar-refractivity contribution is 6.28. The van der Waals surface area contributed by atoms with E-state index in [0.29, 0.717) is 25.5 Å². The highest BCUT2D eigenvalue weighted by Gasteiger charge is 2.25. The van der Waals surface area contributed by atoms with Gasteiger partial charge in [-0.05, 0) is 17.7 Å². The summed E-state index contributed by atoms with van der Waals surface area (Å²) in [4.78, 5) is 20.6. The van der Waals surface area contributed by atoms with Crippen LogP contribution in [0.2, 0.25) is 5.28 Å². The Hall–Kier alpha value is -1.40. The van der Waals surface area contributed by atoms with E-state index in [2.05, 4.69) is 15.3 Å². The van der Waals surface area contributed by atoms with Gasteiger partial charge in [-0.3, -0.25) is 4.79 Å². The molecule has 1 aromatic heterocycles. The lowest BCUT2D eigenvalue weighted by Crippen LogP contribution is -2.54. The number of nitrogens with zero attached hydrogens (tertiary/aromatic N) is 3. The molecule has 1 unspecified atom stereocenters.